The molecular formula is C15H19N3O3S2. The van der Waals surface area contributed by atoms with E-state index < -0.39 is 15.4 Å². The summed E-state index contributed by atoms with van der Waals surface area (Å²) in [5.41, 5.74) is 1.01. The maximum atomic E-state index is 12.7. The number of thiophene rings is 1. The Labute approximate surface area is 139 Å². The molecule has 8 heteroatoms. The number of sulfone groups is 1. The zero-order chi connectivity index (χ0) is 17.0. The van der Waals surface area contributed by atoms with Gasteiger partial charge in [-0.15, -0.1) is 11.3 Å². The van der Waals surface area contributed by atoms with Gasteiger partial charge in [-0.3, -0.25) is 4.79 Å². The Morgan fingerprint density at radius 2 is 1.96 bits per heavy atom. The van der Waals surface area contributed by atoms with Crippen molar-refractivity contribution in [3.05, 3.63) is 22.0 Å². The van der Waals surface area contributed by atoms with E-state index in [9.17, 15) is 13.2 Å². The van der Waals surface area contributed by atoms with Crippen LogP contribution in [0.1, 0.15) is 40.1 Å². The van der Waals surface area contributed by atoms with Gasteiger partial charge in [-0.2, -0.15) is 0 Å². The number of hydrogen-bond acceptors (Lipinski definition) is 6. The van der Waals surface area contributed by atoms with Crippen molar-refractivity contribution >= 4 is 37.3 Å². The van der Waals surface area contributed by atoms with Gasteiger partial charge in [-0.25, -0.2) is 18.4 Å². The lowest BCUT2D eigenvalue weighted by atomic mass is 10.0. The lowest BCUT2D eigenvalue weighted by Crippen LogP contribution is -2.46. The molecule has 0 aliphatic carbocycles. The number of aromatic nitrogens is 2. The van der Waals surface area contributed by atoms with Crippen LogP contribution >= 0.6 is 11.3 Å². The highest BCUT2D eigenvalue weighted by Gasteiger charge is 2.40. The van der Waals surface area contributed by atoms with E-state index in [0.29, 0.717) is 17.1 Å². The zero-order valence-corrected chi connectivity index (χ0v) is 15.2. The largest absolute Gasteiger partial charge is 0.345 e. The first-order valence-electron chi connectivity index (χ1n) is 7.37. The number of carbonyl (C=O) groups is 1. The molecule has 3 rings (SSSR count). The summed E-state index contributed by atoms with van der Waals surface area (Å²) < 4.78 is 23.4. The fourth-order valence-corrected chi connectivity index (χ4v) is 6.40. The summed E-state index contributed by atoms with van der Waals surface area (Å²) in [6, 6.07) is 0. The summed E-state index contributed by atoms with van der Waals surface area (Å²) in [5, 5.41) is 3.82. The predicted octanol–water partition coefficient (Wildman–Crippen LogP) is 1.92. The molecule has 0 unspecified atom stereocenters. The third-order valence-corrected chi connectivity index (χ3v) is 7.30. The highest BCUT2D eigenvalue weighted by atomic mass is 32.2. The molecule has 1 N–H and O–H groups in total. The number of nitrogens with one attached hydrogen (secondary N) is 1. The van der Waals surface area contributed by atoms with E-state index in [4.69, 9.17) is 0 Å². The van der Waals surface area contributed by atoms with E-state index in [-0.39, 0.29) is 17.4 Å². The van der Waals surface area contributed by atoms with E-state index in [1.54, 1.807) is 6.92 Å². The first-order chi connectivity index (χ1) is 10.6. The van der Waals surface area contributed by atoms with Crippen LogP contribution in [0, 0.1) is 20.8 Å². The Hall–Kier alpha value is -1.54. The molecule has 1 aliphatic heterocycles. The van der Waals surface area contributed by atoms with Gasteiger partial charge in [0.15, 0.2) is 9.84 Å². The van der Waals surface area contributed by atoms with Crippen molar-refractivity contribution in [2.24, 2.45) is 0 Å². The molecule has 1 saturated heterocycles. The lowest BCUT2D eigenvalue weighted by Gasteiger charge is -2.23. The van der Waals surface area contributed by atoms with Crippen LogP contribution in [0.3, 0.4) is 0 Å². The van der Waals surface area contributed by atoms with Gasteiger partial charge in [0, 0.05) is 11.1 Å². The Bertz CT molecular complexity index is 918. The van der Waals surface area contributed by atoms with Gasteiger partial charge in [-0.05, 0) is 39.7 Å². The highest BCUT2D eigenvalue weighted by Crippen LogP contribution is 2.32. The molecule has 3 heterocycles. The number of amides is 1. The van der Waals surface area contributed by atoms with Crippen LogP contribution < -0.4 is 5.32 Å². The van der Waals surface area contributed by atoms with Gasteiger partial charge in [-0.1, -0.05) is 0 Å². The zero-order valence-electron chi connectivity index (χ0n) is 13.6. The molecule has 0 saturated carbocycles. The standard InChI is InChI=1S/C15H19N3O3S2/c1-8-11-9(2)16-10(3)17-14(11)22-12(8)13(19)18-15(4)5-6-23(20,21)7-15/h5-7H2,1-4H3,(H,18,19)/t15-/m1/s1. The molecule has 124 valence electrons. The summed E-state index contributed by atoms with van der Waals surface area (Å²) in [7, 11) is -3.06. The van der Waals surface area contributed by atoms with E-state index >= 15 is 0 Å². The van der Waals surface area contributed by atoms with Crippen LogP contribution in [0.2, 0.25) is 0 Å². The second-order valence-electron chi connectivity index (χ2n) is 6.45. The van der Waals surface area contributed by atoms with Crippen LogP contribution in [-0.2, 0) is 9.84 Å². The average Bonchev–Trinajstić information content (AvgIpc) is 2.86. The molecule has 23 heavy (non-hydrogen) atoms. The average molecular weight is 353 g/mol. The number of hydrogen-bond donors (Lipinski definition) is 1. The predicted molar refractivity (Wildman–Crippen MR) is 90.8 cm³/mol. The minimum absolute atomic E-state index is 0.00633. The molecule has 6 nitrogen and oxygen atoms in total. The van der Waals surface area contributed by atoms with Crippen molar-refractivity contribution in [3.8, 4) is 0 Å². The van der Waals surface area contributed by atoms with Crippen molar-refractivity contribution < 1.29 is 13.2 Å². The second-order valence-corrected chi connectivity index (χ2v) is 9.63. The summed E-state index contributed by atoms with van der Waals surface area (Å²) in [4.78, 5) is 22.8. The first kappa shape index (κ1) is 16.3. The summed E-state index contributed by atoms with van der Waals surface area (Å²) in [5.74, 6) is 0.561. The van der Waals surface area contributed by atoms with Crippen molar-refractivity contribution in [1.29, 1.82) is 0 Å². The maximum Gasteiger partial charge on any atom is 0.262 e. The minimum atomic E-state index is -3.06. The van der Waals surface area contributed by atoms with Gasteiger partial charge >= 0.3 is 0 Å². The van der Waals surface area contributed by atoms with Crippen molar-refractivity contribution in [1.82, 2.24) is 15.3 Å². The first-order valence-corrected chi connectivity index (χ1v) is 10.0. The third-order valence-electron chi connectivity index (χ3n) is 4.21. The molecule has 1 aliphatic rings. The van der Waals surface area contributed by atoms with Gasteiger partial charge in [0.25, 0.3) is 5.91 Å². The van der Waals surface area contributed by atoms with Crippen LogP contribution in [0.15, 0.2) is 0 Å². The molecule has 1 fully saturated rings. The molecule has 2 aromatic rings. The topological polar surface area (TPSA) is 89.0 Å². The number of aryl methyl sites for hydroxylation is 3. The molecular weight excluding hydrogens is 334 g/mol. The lowest BCUT2D eigenvalue weighted by molar-refractivity contribution is 0.0919. The fraction of sp³-hybridized carbons (Fsp3) is 0.533. The maximum absolute atomic E-state index is 12.7. The molecule has 0 radical (unpaired) electrons. The third kappa shape index (κ3) is 2.97. The molecule has 0 aromatic carbocycles. The van der Waals surface area contributed by atoms with E-state index in [1.807, 2.05) is 20.8 Å². The van der Waals surface area contributed by atoms with Gasteiger partial charge < -0.3 is 5.32 Å². The van der Waals surface area contributed by atoms with E-state index in [1.165, 1.54) is 11.3 Å². The SMILES string of the molecule is Cc1nc(C)c2c(C)c(C(=O)N[C@]3(C)CCS(=O)(=O)C3)sc2n1. The highest BCUT2D eigenvalue weighted by molar-refractivity contribution is 7.91. The minimum Gasteiger partial charge on any atom is -0.345 e. The van der Waals surface area contributed by atoms with Crippen molar-refractivity contribution in [2.75, 3.05) is 11.5 Å². The summed E-state index contributed by atoms with van der Waals surface area (Å²) in [6.07, 6.45) is 0.447. The van der Waals surface area contributed by atoms with Crippen LogP contribution in [-0.4, -0.2) is 41.3 Å². The Kier molecular flexibility index (Phi) is 3.72. The number of nitrogens with zero attached hydrogens (tertiary/aromatic N) is 2. The smallest absolute Gasteiger partial charge is 0.262 e. The van der Waals surface area contributed by atoms with E-state index in [0.717, 1.165) is 21.5 Å². The van der Waals surface area contributed by atoms with Gasteiger partial charge in [0.2, 0.25) is 0 Å². The second kappa shape index (κ2) is 5.24. The molecule has 0 bridgehead atoms. The number of fused-ring (bicyclic) bond motifs is 1. The Balaban J connectivity index is 1.96. The molecule has 1 atom stereocenters. The quantitative estimate of drug-likeness (QED) is 0.891. The van der Waals surface area contributed by atoms with Crippen molar-refractivity contribution in [2.45, 2.75) is 39.7 Å². The van der Waals surface area contributed by atoms with Crippen LogP contribution in [0.25, 0.3) is 10.2 Å². The Morgan fingerprint density at radius 1 is 1.26 bits per heavy atom. The van der Waals surface area contributed by atoms with Gasteiger partial charge in [0.05, 0.1) is 21.9 Å². The normalized spacial score (nSPS) is 23.3. The van der Waals surface area contributed by atoms with E-state index in [2.05, 4.69) is 15.3 Å². The summed E-state index contributed by atoms with van der Waals surface area (Å²) in [6.45, 7) is 7.40. The number of rotatable bonds is 2. The van der Waals surface area contributed by atoms with Crippen LogP contribution in [0.4, 0.5) is 0 Å². The monoisotopic (exact) mass is 353 g/mol. The fourth-order valence-electron chi connectivity index (χ4n) is 3.13. The summed E-state index contributed by atoms with van der Waals surface area (Å²) >= 11 is 1.33. The molecule has 1 amide bonds. The molecule has 0 spiro atoms. The molecule has 2 aromatic heterocycles. The van der Waals surface area contributed by atoms with Gasteiger partial charge in [0.1, 0.15) is 10.7 Å². The van der Waals surface area contributed by atoms with Crippen molar-refractivity contribution in [3.63, 3.8) is 0 Å². The number of carbonyl (C=O) groups excluding carboxylic acids is 1. The van der Waals surface area contributed by atoms with Crippen LogP contribution in [0.5, 0.6) is 0 Å². The Morgan fingerprint density at radius 3 is 2.57 bits per heavy atom.